The number of halogens is 2. The van der Waals surface area contributed by atoms with Crippen LogP contribution in [0.3, 0.4) is 0 Å². The predicted octanol–water partition coefficient (Wildman–Crippen LogP) is 3.95. The minimum atomic E-state index is -0.346. The van der Waals surface area contributed by atoms with Gasteiger partial charge in [-0.3, -0.25) is 9.69 Å². The van der Waals surface area contributed by atoms with Crippen molar-refractivity contribution in [2.75, 3.05) is 33.3 Å². The van der Waals surface area contributed by atoms with E-state index in [0.29, 0.717) is 19.6 Å². The molecule has 27 heavy (non-hydrogen) atoms. The van der Waals surface area contributed by atoms with Crippen LogP contribution in [-0.2, 0) is 11.3 Å². The van der Waals surface area contributed by atoms with E-state index in [2.05, 4.69) is 20.8 Å². The Morgan fingerprint density at radius 3 is 2.63 bits per heavy atom. The number of methoxy groups -OCH3 is 1. The van der Waals surface area contributed by atoms with E-state index in [1.54, 1.807) is 12.1 Å². The highest BCUT2D eigenvalue weighted by Gasteiger charge is 2.20. The normalized spacial score (nSPS) is 15.3. The van der Waals surface area contributed by atoms with Gasteiger partial charge in [-0.15, -0.1) is 0 Å². The number of hydrogen-bond donors (Lipinski definition) is 0. The Balaban J connectivity index is 1.51. The van der Waals surface area contributed by atoms with Gasteiger partial charge in [-0.2, -0.15) is 0 Å². The monoisotopic (exact) mass is 432 g/mol. The molecule has 0 unspecified atom stereocenters. The highest BCUT2D eigenvalue weighted by Crippen LogP contribution is 2.19. The molecule has 0 spiro atoms. The summed E-state index contributed by atoms with van der Waals surface area (Å²) in [6.45, 7) is 3.53. The van der Waals surface area contributed by atoms with Gasteiger partial charge in [-0.1, -0.05) is 34.1 Å². The summed E-state index contributed by atoms with van der Waals surface area (Å²) >= 11 is 3.43. The van der Waals surface area contributed by atoms with E-state index < -0.39 is 0 Å². The van der Waals surface area contributed by atoms with Crippen LogP contribution in [0.15, 0.2) is 53.0 Å². The van der Waals surface area contributed by atoms with Gasteiger partial charge in [0.25, 0.3) is 0 Å². The third-order valence-electron chi connectivity index (χ3n) is 4.57. The predicted molar refractivity (Wildman–Crippen MR) is 108 cm³/mol. The molecular formula is C21H22BrFN2O2. The maximum Gasteiger partial charge on any atom is 0.246 e. The Kier molecular flexibility index (Phi) is 6.63. The van der Waals surface area contributed by atoms with E-state index in [1.165, 1.54) is 13.2 Å². The molecule has 1 saturated heterocycles. The van der Waals surface area contributed by atoms with Crippen molar-refractivity contribution in [3.63, 3.8) is 0 Å². The minimum absolute atomic E-state index is 0.0186. The van der Waals surface area contributed by atoms with E-state index in [1.807, 2.05) is 41.3 Å². The van der Waals surface area contributed by atoms with E-state index >= 15 is 0 Å². The largest absolute Gasteiger partial charge is 0.494 e. The Hall–Kier alpha value is -2.18. The first-order valence-corrected chi connectivity index (χ1v) is 9.62. The third kappa shape index (κ3) is 5.40. The summed E-state index contributed by atoms with van der Waals surface area (Å²) in [5, 5.41) is 0. The van der Waals surface area contributed by atoms with Gasteiger partial charge >= 0.3 is 0 Å². The number of benzene rings is 2. The first kappa shape index (κ1) is 19.6. The van der Waals surface area contributed by atoms with Gasteiger partial charge in [0, 0.05) is 43.3 Å². The summed E-state index contributed by atoms with van der Waals surface area (Å²) < 4.78 is 19.8. The van der Waals surface area contributed by atoms with Crippen LogP contribution in [-0.4, -0.2) is 49.0 Å². The number of rotatable bonds is 5. The second kappa shape index (κ2) is 9.15. The minimum Gasteiger partial charge on any atom is -0.494 e. The molecule has 1 aliphatic heterocycles. The molecule has 0 radical (unpaired) electrons. The van der Waals surface area contributed by atoms with Crippen molar-refractivity contribution in [3.8, 4) is 5.75 Å². The quantitative estimate of drug-likeness (QED) is 0.670. The molecule has 0 aliphatic carbocycles. The third-order valence-corrected chi connectivity index (χ3v) is 5.07. The van der Waals surface area contributed by atoms with E-state index in [-0.39, 0.29) is 17.5 Å². The maximum atomic E-state index is 13.8. The second-order valence-electron chi connectivity index (χ2n) is 6.46. The Labute approximate surface area is 167 Å². The van der Waals surface area contributed by atoms with Crippen molar-refractivity contribution in [1.82, 2.24) is 9.80 Å². The van der Waals surface area contributed by atoms with Crippen LogP contribution >= 0.6 is 15.9 Å². The summed E-state index contributed by atoms with van der Waals surface area (Å²) in [5.41, 5.74) is 1.89. The highest BCUT2D eigenvalue weighted by atomic mass is 79.9. The molecule has 2 aromatic rings. The topological polar surface area (TPSA) is 32.8 Å². The molecule has 1 heterocycles. The molecule has 1 aliphatic rings. The number of hydrogen-bond acceptors (Lipinski definition) is 3. The Morgan fingerprint density at radius 1 is 1.19 bits per heavy atom. The molecule has 0 aromatic heterocycles. The van der Waals surface area contributed by atoms with Gasteiger partial charge in [-0.25, -0.2) is 4.39 Å². The van der Waals surface area contributed by atoms with E-state index in [4.69, 9.17) is 4.74 Å². The fourth-order valence-electron chi connectivity index (χ4n) is 3.08. The molecule has 4 nitrogen and oxygen atoms in total. The van der Waals surface area contributed by atoms with Crippen molar-refractivity contribution in [3.05, 3.63) is 70.0 Å². The van der Waals surface area contributed by atoms with Gasteiger partial charge in [-0.05, 0) is 41.5 Å². The summed E-state index contributed by atoms with van der Waals surface area (Å²) in [5.74, 6) is -0.0713. The molecule has 0 bridgehead atoms. The highest BCUT2D eigenvalue weighted by molar-refractivity contribution is 9.10. The first-order valence-electron chi connectivity index (χ1n) is 8.82. The van der Waals surface area contributed by atoms with Gasteiger partial charge < -0.3 is 9.64 Å². The zero-order chi connectivity index (χ0) is 19.2. The van der Waals surface area contributed by atoms with E-state index in [0.717, 1.165) is 28.7 Å². The molecule has 142 valence electrons. The molecule has 2 aromatic carbocycles. The van der Waals surface area contributed by atoms with Crippen LogP contribution in [0.25, 0.3) is 6.08 Å². The zero-order valence-corrected chi connectivity index (χ0v) is 16.8. The number of ether oxygens (including phenoxy) is 1. The maximum absolute atomic E-state index is 13.8. The van der Waals surface area contributed by atoms with Gasteiger partial charge in [0.2, 0.25) is 5.91 Å². The van der Waals surface area contributed by atoms with Crippen molar-refractivity contribution in [1.29, 1.82) is 0 Å². The van der Waals surface area contributed by atoms with Crippen LogP contribution in [0.1, 0.15) is 11.1 Å². The van der Waals surface area contributed by atoms with Gasteiger partial charge in [0.15, 0.2) is 11.6 Å². The van der Waals surface area contributed by atoms with E-state index in [9.17, 15) is 9.18 Å². The van der Waals surface area contributed by atoms with Crippen LogP contribution < -0.4 is 4.74 Å². The van der Waals surface area contributed by atoms with Crippen LogP contribution in [0, 0.1) is 5.82 Å². The van der Waals surface area contributed by atoms with Crippen LogP contribution in [0.2, 0.25) is 0 Å². The molecular weight excluding hydrogens is 411 g/mol. The number of nitrogens with zero attached hydrogens (tertiary/aromatic N) is 2. The lowest BCUT2D eigenvalue weighted by Crippen LogP contribution is -2.47. The second-order valence-corrected chi connectivity index (χ2v) is 7.37. The number of amides is 1. The van der Waals surface area contributed by atoms with Crippen molar-refractivity contribution >= 4 is 27.9 Å². The van der Waals surface area contributed by atoms with Crippen molar-refractivity contribution in [2.45, 2.75) is 6.54 Å². The Bertz CT molecular complexity index is 833. The number of carbonyl (C=O) groups excluding carboxylic acids is 1. The molecule has 3 rings (SSSR count). The average Bonchev–Trinajstić information content (AvgIpc) is 2.67. The van der Waals surface area contributed by atoms with Crippen molar-refractivity contribution < 1.29 is 13.9 Å². The standard InChI is InChI=1S/C21H22BrFN2O2/c1-27-20-7-5-17(14-19(20)23)15-24-9-11-25(12-10-24)21(26)8-6-16-3-2-4-18(22)13-16/h2-8,13-14H,9-12,15H2,1H3/b8-6+. The first-order chi connectivity index (χ1) is 13.0. The summed E-state index contributed by atoms with van der Waals surface area (Å²) in [6, 6.07) is 12.9. The lowest BCUT2D eigenvalue weighted by atomic mass is 10.1. The SMILES string of the molecule is COc1ccc(CN2CCN(C(=O)/C=C/c3cccc(Br)c3)CC2)cc1F. The zero-order valence-electron chi connectivity index (χ0n) is 15.2. The molecule has 0 saturated carbocycles. The summed E-state index contributed by atoms with van der Waals surface area (Å²) in [4.78, 5) is 16.5. The van der Waals surface area contributed by atoms with Crippen LogP contribution in [0.5, 0.6) is 5.75 Å². The lowest BCUT2D eigenvalue weighted by Gasteiger charge is -2.34. The van der Waals surface area contributed by atoms with Gasteiger partial charge in [0.05, 0.1) is 7.11 Å². The summed E-state index contributed by atoms with van der Waals surface area (Å²) in [6.07, 6.45) is 3.45. The molecule has 0 N–H and O–H groups in total. The molecule has 0 atom stereocenters. The lowest BCUT2D eigenvalue weighted by molar-refractivity contribution is -0.127. The van der Waals surface area contributed by atoms with Crippen molar-refractivity contribution in [2.24, 2.45) is 0 Å². The molecule has 6 heteroatoms. The Morgan fingerprint density at radius 2 is 1.96 bits per heavy atom. The number of piperazine rings is 1. The fraction of sp³-hybridized carbons (Fsp3) is 0.286. The van der Waals surface area contributed by atoms with Crippen LogP contribution in [0.4, 0.5) is 4.39 Å². The number of carbonyl (C=O) groups is 1. The average molecular weight is 433 g/mol. The molecule has 1 fully saturated rings. The molecule has 1 amide bonds. The smallest absolute Gasteiger partial charge is 0.246 e. The van der Waals surface area contributed by atoms with Gasteiger partial charge in [0.1, 0.15) is 0 Å². The summed E-state index contributed by atoms with van der Waals surface area (Å²) in [7, 11) is 1.46. The fourth-order valence-corrected chi connectivity index (χ4v) is 3.49.